The average Bonchev–Trinajstić information content (AvgIpc) is 2.70. The van der Waals surface area contributed by atoms with E-state index in [9.17, 15) is 14.4 Å². The first-order chi connectivity index (χ1) is 13.3. The minimum Gasteiger partial charge on any atom is -0.495 e. The van der Waals surface area contributed by atoms with Crippen molar-refractivity contribution in [2.75, 3.05) is 14.2 Å². The van der Waals surface area contributed by atoms with Gasteiger partial charge >= 0.3 is 0 Å². The van der Waals surface area contributed by atoms with Crippen LogP contribution in [0.25, 0.3) is 11.1 Å². The van der Waals surface area contributed by atoms with Gasteiger partial charge in [-0.3, -0.25) is 14.8 Å². The van der Waals surface area contributed by atoms with Crippen LogP contribution in [0.2, 0.25) is 0 Å². The number of allylic oxidation sites excluding steroid dienone is 1. The number of pyridine rings is 2. The first-order valence-electron chi connectivity index (χ1n) is 8.64. The van der Waals surface area contributed by atoms with Gasteiger partial charge in [0.05, 0.1) is 30.8 Å². The molecular weight excluding hydrogens is 361 g/mol. The zero-order chi connectivity index (χ0) is 20.5. The molecule has 0 spiro atoms. The molecule has 0 fully saturated rings. The summed E-state index contributed by atoms with van der Waals surface area (Å²) in [6, 6.07) is 5.00. The van der Waals surface area contributed by atoms with Gasteiger partial charge in [-0.2, -0.15) is 5.26 Å². The first-order valence-corrected chi connectivity index (χ1v) is 8.64. The van der Waals surface area contributed by atoms with Crippen LogP contribution in [-0.2, 0) is 15.1 Å². The van der Waals surface area contributed by atoms with Crippen LogP contribution < -0.4 is 4.74 Å². The van der Waals surface area contributed by atoms with E-state index in [0.717, 1.165) is 6.20 Å². The molecule has 1 unspecified atom stereocenters. The van der Waals surface area contributed by atoms with Gasteiger partial charge in [-0.05, 0) is 24.6 Å². The van der Waals surface area contributed by atoms with Gasteiger partial charge in [0.2, 0.25) is 0 Å². The number of nitriles is 1. The molecule has 0 saturated carbocycles. The van der Waals surface area contributed by atoms with E-state index in [1.807, 2.05) is 6.07 Å². The van der Waals surface area contributed by atoms with Crippen LogP contribution in [-0.4, -0.2) is 30.0 Å². The lowest BCUT2D eigenvalue weighted by Crippen LogP contribution is -2.43. The highest BCUT2D eigenvalue weighted by molar-refractivity contribution is 6.04. The SMILES string of the molecule is COc1cncc(-c2cc(F)cnc2C2(OC)C=C(C#N)C(=O)C(C)(C)C2)c1. The smallest absolute Gasteiger partial charge is 0.178 e. The molecule has 0 amide bonds. The summed E-state index contributed by atoms with van der Waals surface area (Å²) in [5.74, 6) is -0.274. The second-order valence-corrected chi connectivity index (χ2v) is 7.32. The number of nitrogens with zero attached hydrogens (tertiary/aromatic N) is 3. The Morgan fingerprint density at radius 3 is 2.61 bits per heavy atom. The van der Waals surface area contributed by atoms with Gasteiger partial charge in [0, 0.05) is 29.8 Å². The number of ketones is 1. The molecule has 1 atom stereocenters. The molecule has 6 nitrogen and oxygen atoms in total. The van der Waals surface area contributed by atoms with E-state index in [1.54, 1.807) is 26.1 Å². The highest BCUT2D eigenvalue weighted by atomic mass is 19.1. The van der Waals surface area contributed by atoms with Crippen molar-refractivity contribution in [3.8, 4) is 22.9 Å². The van der Waals surface area contributed by atoms with E-state index < -0.39 is 16.8 Å². The number of hydrogen-bond donors (Lipinski definition) is 0. The van der Waals surface area contributed by atoms with Gasteiger partial charge < -0.3 is 9.47 Å². The molecule has 3 rings (SSSR count). The molecule has 7 heteroatoms. The minimum absolute atomic E-state index is 0.000979. The Labute approximate surface area is 162 Å². The monoisotopic (exact) mass is 381 g/mol. The summed E-state index contributed by atoms with van der Waals surface area (Å²) in [4.78, 5) is 21.0. The van der Waals surface area contributed by atoms with Crippen LogP contribution in [0.15, 0.2) is 42.4 Å². The predicted octanol–water partition coefficient (Wildman–Crippen LogP) is 3.58. The largest absolute Gasteiger partial charge is 0.495 e. The molecule has 1 aliphatic carbocycles. The Kier molecular flexibility index (Phi) is 5.01. The summed E-state index contributed by atoms with van der Waals surface area (Å²) >= 11 is 0. The topological polar surface area (TPSA) is 85.1 Å². The van der Waals surface area contributed by atoms with Gasteiger partial charge in [-0.1, -0.05) is 13.8 Å². The fourth-order valence-electron chi connectivity index (χ4n) is 3.59. The van der Waals surface area contributed by atoms with Crippen LogP contribution in [0.1, 0.15) is 26.0 Å². The molecule has 2 aromatic rings. The predicted molar refractivity (Wildman–Crippen MR) is 99.8 cm³/mol. The van der Waals surface area contributed by atoms with Crippen LogP contribution in [0, 0.1) is 22.6 Å². The van der Waals surface area contributed by atoms with E-state index in [4.69, 9.17) is 9.47 Å². The molecule has 0 bridgehead atoms. The minimum atomic E-state index is -1.17. The molecule has 2 aromatic heterocycles. The van der Waals surface area contributed by atoms with Gasteiger partial charge in [-0.25, -0.2) is 4.39 Å². The van der Waals surface area contributed by atoms with Crippen molar-refractivity contribution in [2.45, 2.75) is 25.9 Å². The maximum Gasteiger partial charge on any atom is 0.178 e. The fraction of sp³-hybridized carbons (Fsp3) is 0.333. The molecule has 0 N–H and O–H groups in total. The lowest BCUT2D eigenvalue weighted by Gasteiger charge is -2.40. The number of hydrogen-bond acceptors (Lipinski definition) is 6. The highest BCUT2D eigenvalue weighted by Crippen LogP contribution is 2.47. The van der Waals surface area contributed by atoms with E-state index >= 15 is 0 Å². The van der Waals surface area contributed by atoms with Crippen molar-refractivity contribution < 1.29 is 18.7 Å². The van der Waals surface area contributed by atoms with Crippen LogP contribution in [0.5, 0.6) is 5.75 Å². The number of rotatable bonds is 4. The standard InChI is InChI=1S/C21H20FN3O3/c1-20(2)12-21(28-4,7-14(8-23)19(20)26)18-17(6-15(22)10-25-18)13-5-16(27-3)11-24-9-13/h5-7,9-11H,12H2,1-4H3. The van der Waals surface area contributed by atoms with Gasteiger partial charge in [-0.15, -0.1) is 0 Å². The second kappa shape index (κ2) is 7.13. The summed E-state index contributed by atoms with van der Waals surface area (Å²) in [7, 11) is 3.00. The molecule has 0 radical (unpaired) electrons. The first kappa shape index (κ1) is 19.6. The number of halogens is 1. The third-order valence-electron chi connectivity index (χ3n) is 4.94. The Morgan fingerprint density at radius 1 is 1.21 bits per heavy atom. The van der Waals surface area contributed by atoms with Crippen molar-refractivity contribution in [2.24, 2.45) is 5.41 Å². The lowest BCUT2D eigenvalue weighted by atomic mass is 9.68. The molecule has 144 valence electrons. The van der Waals surface area contributed by atoms with Crippen LogP contribution >= 0.6 is 0 Å². The fourth-order valence-corrected chi connectivity index (χ4v) is 3.59. The Bertz CT molecular complexity index is 1010. The summed E-state index contributed by atoms with van der Waals surface area (Å²) < 4.78 is 25.1. The Morgan fingerprint density at radius 2 is 1.96 bits per heavy atom. The average molecular weight is 381 g/mol. The van der Waals surface area contributed by atoms with Gasteiger partial charge in [0.25, 0.3) is 0 Å². The third kappa shape index (κ3) is 3.27. The lowest BCUT2D eigenvalue weighted by molar-refractivity contribution is -0.128. The number of ether oxygens (including phenoxy) is 2. The van der Waals surface area contributed by atoms with Crippen molar-refractivity contribution >= 4 is 5.78 Å². The van der Waals surface area contributed by atoms with Gasteiger partial charge in [0.15, 0.2) is 5.78 Å². The molecule has 1 aliphatic rings. The summed E-state index contributed by atoms with van der Waals surface area (Å²) in [5.41, 5.74) is -0.588. The number of aromatic nitrogens is 2. The maximum absolute atomic E-state index is 14.1. The number of carbonyl (C=O) groups excluding carboxylic acids is 1. The van der Waals surface area contributed by atoms with Crippen LogP contribution in [0.4, 0.5) is 4.39 Å². The molecule has 0 aliphatic heterocycles. The number of methoxy groups -OCH3 is 2. The molecule has 0 aromatic carbocycles. The number of Topliss-reactive ketones (excluding diaryl/α,β-unsaturated/α-hetero) is 1. The van der Waals surface area contributed by atoms with E-state index in [-0.39, 0.29) is 17.8 Å². The highest BCUT2D eigenvalue weighted by Gasteiger charge is 2.48. The van der Waals surface area contributed by atoms with Crippen molar-refractivity contribution in [3.05, 3.63) is 53.9 Å². The van der Waals surface area contributed by atoms with E-state index in [0.29, 0.717) is 22.6 Å². The molecule has 28 heavy (non-hydrogen) atoms. The van der Waals surface area contributed by atoms with Crippen molar-refractivity contribution in [1.82, 2.24) is 9.97 Å². The summed E-state index contributed by atoms with van der Waals surface area (Å²) in [5, 5.41) is 9.47. The van der Waals surface area contributed by atoms with Crippen LogP contribution in [0.3, 0.4) is 0 Å². The number of carbonyl (C=O) groups is 1. The van der Waals surface area contributed by atoms with E-state index in [1.165, 1.54) is 32.6 Å². The third-order valence-corrected chi connectivity index (χ3v) is 4.94. The Hall–Kier alpha value is -3.11. The molecular formula is C21H20FN3O3. The van der Waals surface area contributed by atoms with Crippen molar-refractivity contribution in [3.63, 3.8) is 0 Å². The maximum atomic E-state index is 14.1. The zero-order valence-electron chi connectivity index (χ0n) is 16.1. The summed E-state index contributed by atoms with van der Waals surface area (Å²) in [6.07, 6.45) is 5.94. The second-order valence-electron chi connectivity index (χ2n) is 7.32. The quantitative estimate of drug-likeness (QED) is 0.805. The normalized spacial score (nSPS) is 21.0. The van der Waals surface area contributed by atoms with Gasteiger partial charge in [0.1, 0.15) is 23.2 Å². The summed E-state index contributed by atoms with van der Waals surface area (Å²) in [6.45, 7) is 3.51. The zero-order valence-corrected chi connectivity index (χ0v) is 16.1. The van der Waals surface area contributed by atoms with E-state index in [2.05, 4.69) is 9.97 Å². The molecule has 0 saturated heterocycles. The van der Waals surface area contributed by atoms with Crippen molar-refractivity contribution in [1.29, 1.82) is 5.26 Å². The molecule has 2 heterocycles. The Balaban J connectivity index is 2.29.